The molecule has 0 aliphatic heterocycles. The number of rotatable bonds is 2. The minimum absolute atomic E-state index is 0.273. The number of amides is 1. The van der Waals surface area contributed by atoms with Crippen LogP contribution >= 0.6 is 0 Å². The largest absolute Gasteiger partial charge is 0.465 e. The van der Waals surface area contributed by atoms with Crippen LogP contribution in [0.25, 0.3) is 0 Å². The zero-order valence-electron chi connectivity index (χ0n) is 9.02. The van der Waals surface area contributed by atoms with Gasteiger partial charge in [-0.1, -0.05) is 0 Å². The molecule has 0 spiro atoms. The van der Waals surface area contributed by atoms with Crippen molar-refractivity contribution in [3.8, 4) is 0 Å². The lowest BCUT2D eigenvalue weighted by atomic mass is 10.1. The molecule has 7 heteroatoms. The molecule has 0 atom stereocenters. The van der Waals surface area contributed by atoms with E-state index in [1.165, 1.54) is 0 Å². The van der Waals surface area contributed by atoms with E-state index >= 15 is 0 Å². The maximum absolute atomic E-state index is 11.4. The van der Waals surface area contributed by atoms with Crippen molar-refractivity contribution in [3.05, 3.63) is 0 Å². The van der Waals surface area contributed by atoms with Crippen LogP contribution in [0.2, 0.25) is 0 Å². The molecule has 0 bridgehead atoms. The fraction of sp³-hybridized carbons (Fsp3) is 0.875. The lowest BCUT2D eigenvalue weighted by Crippen LogP contribution is -2.57. The van der Waals surface area contributed by atoms with Gasteiger partial charge in [-0.2, -0.15) is 0 Å². The van der Waals surface area contributed by atoms with Gasteiger partial charge in [0.25, 0.3) is 0 Å². The molecule has 1 saturated carbocycles. The molecule has 0 unspecified atom stereocenters. The van der Waals surface area contributed by atoms with Gasteiger partial charge in [0, 0.05) is 5.54 Å². The summed E-state index contributed by atoms with van der Waals surface area (Å²) < 4.78 is 22.8. The Morgan fingerprint density at radius 3 is 1.87 bits per heavy atom. The van der Waals surface area contributed by atoms with E-state index in [4.69, 9.17) is 10.2 Å². The zero-order valence-corrected chi connectivity index (χ0v) is 9.84. The molecule has 1 fully saturated rings. The summed E-state index contributed by atoms with van der Waals surface area (Å²) in [5, 5.41) is 14.1. The molecule has 1 amide bonds. The van der Waals surface area contributed by atoms with Gasteiger partial charge in [0.15, 0.2) is 4.87 Å². The third kappa shape index (κ3) is 1.93. The first-order chi connectivity index (χ1) is 6.52. The minimum Gasteiger partial charge on any atom is -0.465 e. The summed E-state index contributed by atoms with van der Waals surface area (Å²) in [6.45, 7) is 4.94. The third-order valence-corrected chi connectivity index (χ3v) is 4.13. The van der Waals surface area contributed by atoms with Gasteiger partial charge in [0.1, 0.15) is 0 Å². The predicted molar refractivity (Wildman–Crippen MR) is 54.7 cm³/mol. The Labute approximate surface area is 89.1 Å². The minimum atomic E-state index is -3.87. The average Bonchev–Trinajstić information content (AvgIpc) is 2.61. The maximum atomic E-state index is 11.4. The van der Waals surface area contributed by atoms with E-state index in [0.29, 0.717) is 0 Å². The lowest BCUT2D eigenvalue weighted by Gasteiger charge is -2.38. The predicted octanol–water partition coefficient (Wildman–Crippen LogP) is 0.544. The van der Waals surface area contributed by atoms with E-state index in [0.717, 1.165) is 4.90 Å². The summed E-state index contributed by atoms with van der Waals surface area (Å²) in [6, 6.07) is 0. The second-order valence-corrected chi connectivity index (χ2v) is 6.63. The van der Waals surface area contributed by atoms with Crippen LogP contribution < -0.4 is 5.14 Å². The topological polar surface area (TPSA) is 101 Å². The van der Waals surface area contributed by atoms with Crippen molar-refractivity contribution in [1.29, 1.82) is 0 Å². The number of primary sulfonamides is 1. The Balaban J connectivity index is 3.19. The number of hydrogen-bond donors (Lipinski definition) is 2. The first-order valence-electron chi connectivity index (χ1n) is 4.58. The van der Waals surface area contributed by atoms with Crippen LogP contribution in [-0.2, 0) is 10.0 Å². The van der Waals surface area contributed by atoms with Gasteiger partial charge in [0.05, 0.1) is 0 Å². The Bertz CT molecular complexity index is 378. The van der Waals surface area contributed by atoms with Crippen LogP contribution in [0.5, 0.6) is 0 Å². The number of carbonyl (C=O) groups is 1. The Hall–Kier alpha value is -0.820. The molecule has 0 radical (unpaired) electrons. The SMILES string of the molecule is CC(C)(C)N(C(=O)O)C1(S(N)(=O)=O)CC1. The maximum Gasteiger partial charge on any atom is 0.409 e. The highest BCUT2D eigenvalue weighted by Gasteiger charge is 2.62. The number of nitrogens with zero attached hydrogens (tertiary/aromatic N) is 1. The van der Waals surface area contributed by atoms with Crippen LogP contribution in [0.3, 0.4) is 0 Å². The van der Waals surface area contributed by atoms with E-state index < -0.39 is 26.5 Å². The summed E-state index contributed by atoms with van der Waals surface area (Å²) >= 11 is 0. The van der Waals surface area contributed by atoms with Gasteiger partial charge in [0.2, 0.25) is 10.0 Å². The number of hydrogen-bond acceptors (Lipinski definition) is 3. The summed E-state index contributed by atoms with van der Waals surface area (Å²) in [5.41, 5.74) is -0.783. The molecule has 1 rings (SSSR count). The van der Waals surface area contributed by atoms with Gasteiger partial charge < -0.3 is 5.11 Å². The van der Waals surface area contributed by atoms with E-state index in [-0.39, 0.29) is 12.8 Å². The lowest BCUT2D eigenvalue weighted by molar-refractivity contribution is 0.0843. The monoisotopic (exact) mass is 236 g/mol. The van der Waals surface area contributed by atoms with Crippen LogP contribution in [0.4, 0.5) is 4.79 Å². The molecule has 0 heterocycles. The Morgan fingerprint density at radius 1 is 1.40 bits per heavy atom. The molecule has 0 aromatic rings. The van der Waals surface area contributed by atoms with Gasteiger partial charge in [-0.05, 0) is 33.6 Å². The molecule has 0 aromatic heterocycles. The molecule has 88 valence electrons. The molecule has 6 nitrogen and oxygen atoms in total. The Morgan fingerprint density at radius 2 is 1.80 bits per heavy atom. The van der Waals surface area contributed by atoms with Crippen LogP contribution in [0.15, 0.2) is 0 Å². The zero-order chi connectivity index (χ0) is 12.1. The van der Waals surface area contributed by atoms with Gasteiger partial charge in [-0.25, -0.2) is 18.4 Å². The van der Waals surface area contributed by atoms with Crippen molar-refractivity contribution < 1.29 is 18.3 Å². The van der Waals surface area contributed by atoms with E-state index in [9.17, 15) is 13.2 Å². The molecular formula is C8H16N2O4S. The first kappa shape index (κ1) is 12.3. The van der Waals surface area contributed by atoms with E-state index in [1.807, 2.05) is 0 Å². The Kier molecular flexibility index (Phi) is 2.52. The highest BCUT2D eigenvalue weighted by molar-refractivity contribution is 7.90. The molecule has 1 aliphatic rings. The molecule has 15 heavy (non-hydrogen) atoms. The summed E-state index contributed by atoms with van der Waals surface area (Å²) in [7, 11) is -3.87. The van der Waals surface area contributed by atoms with Gasteiger partial charge in [-0.3, -0.25) is 4.90 Å². The van der Waals surface area contributed by atoms with Gasteiger partial charge in [-0.15, -0.1) is 0 Å². The molecule has 0 saturated heterocycles. The summed E-state index contributed by atoms with van der Waals surface area (Å²) in [6.07, 6.45) is -0.709. The fourth-order valence-electron chi connectivity index (χ4n) is 1.81. The van der Waals surface area contributed by atoms with Crippen LogP contribution in [-0.4, -0.2) is 34.9 Å². The number of sulfonamides is 1. The standard InChI is InChI=1S/C8H16N2O4S/c1-7(2,3)10(6(11)12)8(4-5-8)15(9,13)14/h4-5H2,1-3H3,(H,11,12)(H2,9,13,14). The highest BCUT2D eigenvalue weighted by Crippen LogP contribution is 2.48. The van der Waals surface area contributed by atoms with Crippen molar-refractivity contribution in [1.82, 2.24) is 4.90 Å². The molecular weight excluding hydrogens is 220 g/mol. The number of carboxylic acid groups (broad SMARTS) is 1. The quantitative estimate of drug-likeness (QED) is 0.730. The van der Waals surface area contributed by atoms with Crippen LogP contribution in [0.1, 0.15) is 33.6 Å². The highest BCUT2D eigenvalue weighted by atomic mass is 32.2. The second kappa shape index (κ2) is 3.08. The van der Waals surface area contributed by atoms with E-state index in [2.05, 4.69) is 0 Å². The summed E-state index contributed by atoms with van der Waals surface area (Å²) in [5.74, 6) is 0. The van der Waals surface area contributed by atoms with Crippen molar-refractivity contribution in [2.75, 3.05) is 0 Å². The third-order valence-electron chi connectivity index (χ3n) is 2.48. The van der Waals surface area contributed by atoms with Crippen molar-refractivity contribution in [3.63, 3.8) is 0 Å². The number of nitrogens with two attached hydrogens (primary N) is 1. The smallest absolute Gasteiger partial charge is 0.409 e. The normalized spacial score (nSPS) is 19.7. The molecule has 1 aliphatic carbocycles. The molecule has 0 aromatic carbocycles. The van der Waals surface area contributed by atoms with Gasteiger partial charge >= 0.3 is 6.09 Å². The average molecular weight is 236 g/mol. The van der Waals surface area contributed by atoms with Crippen LogP contribution in [0, 0.1) is 0 Å². The van der Waals surface area contributed by atoms with Crippen molar-refractivity contribution in [2.45, 2.75) is 44.0 Å². The van der Waals surface area contributed by atoms with E-state index in [1.54, 1.807) is 20.8 Å². The van der Waals surface area contributed by atoms with Crippen molar-refractivity contribution >= 4 is 16.1 Å². The summed E-state index contributed by atoms with van der Waals surface area (Å²) in [4.78, 5) is 10.6. The first-order valence-corrected chi connectivity index (χ1v) is 6.13. The van der Waals surface area contributed by atoms with Crippen molar-refractivity contribution in [2.24, 2.45) is 5.14 Å². The second-order valence-electron chi connectivity index (χ2n) is 4.78. The fourth-order valence-corrected chi connectivity index (χ4v) is 3.09. The molecule has 3 N–H and O–H groups in total.